The molecule has 2 aromatic heterocycles. The summed E-state index contributed by atoms with van der Waals surface area (Å²) in [5.41, 5.74) is 0.813. The molecule has 44 heavy (non-hydrogen) atoms. The largest absolute Gasteiger partial charge is 0.417 e. The molecule has 0 spiro atoms. The van der Waals surface area contributed by atoms with Crippen molar-refractivity contribution in [3.63, 3.8) is 0 Å². The Balaban J connectivity index is 1.42. The van der Waals surface area contributed by atoms with E-state index >= 15 is 0 Å². The van der Waals surface area contributed by atoms with Crippen LogP contribution >= 0.6 is 0 Å². The Morgan fingerprint density at radius 3 is 1.93 bits per heavy atom. The molecule has 0 saturated carbocycles. The third-order valence-corrected chi connectivity index (χ3v) is 8.49. The maximum Gasteiger partial charge on any atom is 0.417 e. The first-order valence-corrected chi connectivity index (χ1v) is 14.2. The molecule has 0 amide bonds. The number of fused-ring (bicyclic) bond motifs is 1. The van der Waals surface area contributed by atoms with E-state index in [4.69, 9.17) is 5.10 Å². The number of anilines is 1. The van der Waals surface area contributed by atoms with Crippen molar-refractivity contribution in [3.8, 4) is 0 Å². The molecular weight excluding hydrogens is 586 g/mol. The van der Waals surface area contributed by atoms with Gasteiger partial charge in [0.1, 0.15) is 23.9 Å². The third-order valence-electron chi connectivity index (χ3n) is 8.49. The average Bonchev–Trinajstić information content (AvgIpc) is 3.35. The molecule has 3 heterocycles. The van der Waals surface area contributed by atoms with Gasteiger partial charge in [0.2, 0.25) is 0 Å². The number of nitrogens with zero attached hydrogens (tertiary/aromatic N) is 4. The topological polar surface area (TPSA) is 71.2 Å². The second-order valence-corrected chi connectivity index (χ2v) is 11.2. The van der Waals surface area contributed by atoms with Crippen molar-refractivity contribution in [2.45, 2.75) is 55.6 Å². The fourth-order valence-corrected chi connectivity index (χ4v) is 6.36. The van der Waals surface area contributed by atoms with Crippen LogP contribution in [0, 0.1) is 0 Å². The molecule has 6 rings (SSSR count). The molecular formula is C32H28F6N4O2. The number of benzene rings is 2. The smallest absolute Gasteiger partial charge is 0.384 e. The van der Waals surface area contributed by atoms with Crippen LogP contribution in [0.25, 0.3) is 0 Å². The Bertz CT molecular complexity index is 1570. The van der Waals surface area contributed by atoms with Crippen molar-refractivity contribution in [2.24, 2.45) is 0 Å². The molecule has 230 valence electrons. The summed E-state index contributed by atoms with van der Waals surface area (Å²) in [6, 6.07) is 19.9. The van der Waals surface area contributed by atoms with Gasteiger partial charge in [-0.15, -0.1) is 0 Å². The Kier molecular flexibility index (Phi) is 7.73. The maximum absolute atomic E-state index is 14.6. The minimum Gasteiger partial charge on any atom is -0.384 e. The number of alkyl halides is 6. The molecule has 1 aliphatic carbocycles. The number of ketones is 1. The Morgan fingerprint density at radius 1 is 0.841 bits per heavy atom. The van der Waals surface area contributed by atoms with Crippen LogP contribution < -0.4 is 4.90 Å². The van der Waals surface area contributed by atoms with E-state index in [2.05, 4.69) is 4.98 Å². The molecule has 4 aromatic rings. The second kappa shape index (κ2) is 11.4. The van der Waals surface area contributed by atoms with Crippen LogP contribution in [-0.4, -0.2) is 51.0 Å². The van der Waals surface area contributed by atoms with Crippen LogP contribution in [-0.2, 0) is 17.4 Å². The lowest BCUT2D eigenvalue weighted by Crippen LogP contribution is -2.43. The van der Waals surface area contributed by atoms with Gasteiger partial charge in [0.05, 0.1) is 23.4 Å². The van der Waals surface area contributed by atoms with E-state index in [0.29, 0.717) is 31.7 Å². The number of carbonyl (C=O) groups is 1. The molecule has 0 unspecified atom stereocenters. The van der Waals surface area contributed by atoms with Crippen LogP contribution in [0.15, 0.2) is 79.0 Å². The SMILES string of the molecule is O=C1Cc2c(c(C3CCN(c4ccc(C(F)(F)F)cn4)CC3)nn2C(c2ccccc2)c2ccccc2)[C@@H](C(F)(F)F)[C@@H]1O. The highest BCUT2D eigenvalue weighted by Crippen LogP contribution is 2.48. The van der Waals surface area contributed by atoms with E-state index in [9.17, 15) is 36.2 Å². The fraction of sp³-hybridized carbons (Fsp3) is 0.344. The zero-order valence-electron chi connectivity index (χ0n) is 23.3. The van der Waals surface area contributed by atoms with Gasteiger partial charge in [-0.3, -0.25) is 9.48 Å². The molecule has 1 aliphatic heterocycles. The van der Waals surface area contributed by atoms with Crippen molar-refractivity contribution in [3.05, 3.63) is 113 Å². The Labute approximate surface area is 249 Å². The molecule has 2 atom stereocenters. The van der Waals surface area contributed by atoms with Gasteiger partial charge in [-0.05, 0) is 36.1 Å². The standard InChI is InChI=1S/C32H28F6N4O2/c33-31(34,35)22-11-12-25(39-18-22)41-15-13-19(14-16-41)28-26-23(17-24(43)30(44)27(26)32(36,37)38)42(40-28)29(20-7-3-1-4-8-20)21-9-5-2-6-10-21/h1-12,18-19,27,29-30,44H,13-17H2/t27-,30-/m1/s1. The van der Waals surface area contributed by atoms with E-state index in [-0.39, 0.29) is 17.0 Å². The number of aliphatic hydroxyl groups is 1. The molecule has 12 heteroatoms. The van der Waals surface area contributed by atoms with Crippen molar-refractivity contribution >= 4 is 11.6 Å². The summed E-state index contributed by atoms with van der Waals surface area (Å²) >= 11 is 0. The summed E-state index contributed by atoms with van der Waals surface area (Å²) < 4.78 is 84.3. The molecule has 1 fully saturated rings. The average molecular weight is 615 g/mol. The molecule has 1 saturated heterocycles. The van der Waals surface area contributed by atoms with Gasteiger partial charge in [-0.25, -0.2) is 4.98 Å². The maximum atomic E-state index is 14.6. The molecule has 2 aromatic carbocycles. The number of aliphatic hydroxyl groups excluding tert-OH is 1. The van der Waals surface area contributed by atoms with Crippen LogP contribution in [0.2, 0.25) is 0 Å². The highest BCUT2D eigenvalue weighted by Gasteiger charge is 2.54. The number of piperidine rings is 1. The van der Waals surface area contributed by atoms with Crippen LogP contribution in [0.1, 0.15) is 64.4 Å². The lowest BCUT2D eigenvalue weighted by Gasteiger charge is -2.34. The molecule has 0 radical (unpaired) electrons. The molecule has 6 nitrogen and oxygen atoms in total. The normalized spacial score (nSPS) is 19.8. The third kappa shape index (κ3) is 5.58. The first-order chi connectivity index (χ1) is 20.9. The van der Waals surface area contributed by atoms with Gasteiger partial charge in [-0.1, -0.05) is 60.7 Å². The predicted molar refractivity (Wildman–Crippen MR) is 149 cm³/mol. The lowest BCUT2D eigenvalue weighted by atomic mass is 9.78. The first-order valence-electron chi connectivity index (χ1n) is 14.2. The van der Waals surface area contributed by atoms with E-state index in [1.54, 1.807) is 4.90 Å². The fourth-order valence-electron chi connectivity index (χ4n) is 6.36. The number of carbonyl (C=O) groups excluding carboxylic acids is 1. The number of Topliss-reactive ketones (excluding diaryl/α,β-unsaturated/α-hetero) is 1. The van der Waals surface area contributed by atoms with Crippen molar-refractivity contribution in [1.82, 2.24) is 14.8 Å². The zero-order chi connectivity index (χ0) is 31.2. The summed E-state index contributed by atoms with van der Waals surface area (Å²) in [6.07, 6.45) is -10.6. The summed E-state index contributed by atoms with van der Waals surface area (Å²) in [5.74, 6) is -3.46. The van der Waals surface area contributed by atoms with Crippen LogP contribution in [0.5, 0.6) is 0 Å². The Hall–Kier alpha value is -4.19. The summed E-state index contributed by atoms with van der Waals surface area (Å²) in [6.45, 7) is 0.646. The monoisotopic (exact) mass is 614 g/mol. The number of pyridine rings is 1. The van der Waals surface area contributed by atoms with Crippen LogP contribution in [0.3, 0.4) is 0 Å². The van der Waals surface area contributed by atoms with Gasteiger partial charge in [0.25, 0.3) is 0 Å². The molecule has 0 bridgehead atoms. The van der Waals surface area contributed by atoms with Crippen molar-refractivity contribution < 1.29 is 36.2 Å². The minimum absolute atomic E-state index is 0.127. The van der Waals surface area contributed by atoms with Gasteiger partial charge >= 0.3 is 12.4 Å². The zero-order valence-corrected chi connectivity index (χ0v) is 23.3. The number of aromatic nitrogens is 3. The van der Waals surface area contributed by atoms with Gasteiger partial charge in [-0.2, -0.15) is 31.4 Å². The predicted octanol–water partition coefficient (Wildman–Crippen LogP) is 6.45. The quantitative estimate of drug-likeness (QED) is 0.262. The molecule has 2 aliphatic rings. The Morgan fingerprint density at radius 2 is 1.43 bits per heavy atom. The number of rotatable bonds is 5. The highest BCUT2D eigenvalue weighted by molar-refractivity contribution is 5.88. The van der Waals surface area contributed by atoms with E-state index in [1.165, 1.54) is 10.7 Å². The number of hydrogen-bond acceptors (Lipinski definition) is 5. The summed E-state index contributed by atoms with van der Waals surface area (Å²) in [4.78, 5) is 18.6. The summed E-state index contributed by atoms with van der Waals surface area (Å²) in [7, 11) is 0. The summed E-state index contributed by atoms with van der Waals surface area (Å²) in [5, 5.41) is 15.4. The van der Waals surface area contributed by atoms with Gasteiger partial charge in [0, 0.05) is 30.8 Å². The second-order valence-electron chi connectivity index (χ2n) is 11.2. The van der Waals surface area contributed by atoms with Crippen molar-refractivity contribution in [1.29, 1.82) is 0 Å². The molecule has 1 N–H and O–H groups in total. The van der Waals surface area contributed by atoms with E-state index in [1.807, 2.05) is 60.7 Å². The first kappa shape index (κ1) is 29.9. The van der Waals surface area contributed by atoms with Crippen molar-refractivity contribution in [2.75, 3.05) is 18.0 Å². The highest BCUT2D eigenvalue weighted by atomic mass is 19.4. The van der Waals surface area contributed by atoms with E-state index < -0.39 is 54.1 Å². The minimum atomic E-state index is -4.91. The lowest BCUT2D eigenvalue weighted by molar-refractivity contribution is -0.179. The van der Waals surface area contributed by atoms with Crippen LogP contribution in [0.4, 0.5) is 32.2 Å². The number of hydrogen-bond donors (Lipinski definition) is 1. The van der Waals surface area contributed by atoms with Gasteiger partial charge in [0.15, 0.2) is 5.78 Å². The number of halogens is 6. The van der Waals surface area contributed by atoms with E-state index in [0.717, 1.165) is 23.4 Å². The van der Waals surface area contributed by atoms with Gasteiger partial charge < -0.3 is 10.0 Å².